The monoisotopic (exact) mass is 165 g/mol. The lowest BCUT2D eigenvalue weighted by molar-refractivity contribution is 1.04. The highest BCUT2D eigenvalue weighted by Gasteiger charge is 1.91. The number of aromatic nitrogens is 1. The highest BCUT2D eigenvalue weighted by atomic mass is 15.0. The van der Waals surface area contributed by atoms with Crippen molar-refractivity contribution in [2.45, 2.75) is 6.54 Å². The lowest BCUT2D eigenvalue weighted by Crippen LogP contribution is -2.22. The maximum Gasteiger partial charge on any atom is 0.186 e. The number of aliphatic imine (C=N–C) groups is 1. The normalized spacial score (nSPS) is 9.33. The minimum absolute atomic E-state index is 0.0758. The molecule has 0 radical (unpaired) electrons. The lowest BCUT2D eigenvalue weighted by atomic mass is 10.3. The van der Waals surface area contributed by atoms with Crippen LogP contribution in [0.5, 0.6) is 0 Å². The van der Waals surface area contributed by atoms with Crippen molar-refractivity contribution in [2.24, 2.45) is 16.5 Å². The third-order valence-electron chi connectivity index (χ3n) is 1.29. The molecule has 12 heavy (non-hydrogen) atoms. The third-order valence-corrected chi connectivity index (χ3v) is 1.29. The number of rotatable bonds is 2. The molecule has 0 spiro atoms. The minimum atomic E-state index is 0.0758. The molecule has 0 atom stereocenters. The molecule has 0 aliphatic carbocycles. The van der Waals surface area contributed by atoms with E-state index in [1.165, 1.54) is 0 Å². The first-order chi connectivity index (χ1) is 5.68. The van der Waals surface area contributed by atoms with Gasteiger partial charge in [-0.1, -0.05) is 6.07 Å². The van der Waals surface area contributed by atoms with Crippen molar-refractivity contribution in [1.29, 1.82) is 0 Å². The SMILES string of the molecule is NC(N)=NCc1ccc(N)nc1. The van der Waals surface area contributed by atoms with Crippen LogP contribution in [0.15, 0.2) is 23.3 Å². The van der Waals surface area contributed by atoms with E-state index in [4.69, 9.17) is 17.2 Å². The van der Waals surface area contributed by atoms with Crippen LogP contribution >= 0.6 is 0 Å². The Morgan fingerprint density at radius 2 is 2.17 bits per heavy atom. The van der Waals surface area contributed by atoms with Gasteiger partial charge in [0.2, 0.25) is 0 Å². The van der Waals surface area contributed by atoms with Gasteiger partial charge >= 0.3 is 0 Å². The van der Waals surface area contributed by atoms with Crippen LogP contribution in [0.3, 0.4) is 0 Å². The van der Waals surface area contributed by atoms with Gasteiger partial charge in [0.15, 0.2) is 5.96 Å². The van der Waals surface area contributed by atoms with Crippen molar-refractivity contribution < 1.29 is 0 Å². The molecule has 1 rings (SSSR count). The first kappa shape index (κ1) is 8.32. The number of hydrogen-bond acceptors (Lipinski definition) is 3. The van der Waals surface area contributed by atoms with Gasteiger partial charge in [0, 0.05) is 6.20 Å². The zero-order valence-corrected chi connectivity index (χ0v) is 6.57. The summed E-state index contributed by atoms with van der Waals surface area (Å²) in [5, 5.41) is 0. The molecule has 0 aliphatic heterocycles. The van der Waals surface area contributed by atoms with Crippen LogP contribution in [0, 0.1) is 0 Å². The van der Waals surface area contributed by atoms with Crippen LogP contribution in [0.2, 0.25) is 0 Å². The van der Waals surface area contributed by atoms with Crippen molar-refractivity contribution >= 4 is 11.8 Å². The highest BCUT2D eigenvalue weighted by molar-refractivity contribution is 5.75. The van der Waals surface area contributed by atoms with Gasteiger partial charge in [-0.3, -0.25) is 0 Å². The second-order valence-corrected chi connectivity index (χ2v) is 2.33. The fraction of sp³-hybridized carbons (Fsp3) is 0.143. The zero-order chi connectivity index (χ0) is 8.97. The maximum absolute atomic E-state index is 5.39. The highest BCUT2D eigenvalue weighted by Crippen LogP contribution is 2.01. The summed E-state index contributed by atoms with van der Waals surface area (Å²) in [4.78, 5) is 7.70. The second kappa shape index (κ2) is 3.56. The Morgan fingerprint density at radius 1 is 1.42 bits per heavy atom. The van der Waals surface area contributed by atoms with Gasteiger partial charge in [-0.15, -0.1) is 0 Å². The molecule has 0 fully saturated rings. The van der Waals surface area contributed by atoms with Gasteiger partial charge in [-0.2, -0.15) is 0 Å². The molecular formula is C7H11N5. The van der Waals surface area contributed by atoms with E-state index >= 15 is 0 Å². The Morgan fingerprint density at radius 3 is 2.67 bits per heavy atom. The van der Waals surface area contributed by atoms with Crippen LogP contribution < -0.4 is 17.2 Å². The Hall–Kier alpha value is -1.78. The molecule has 1 heterocycles. The molecule has 1 aromatic rings. The molecule has 0 unspecified atom stereocenters. The summed E-state index contributed by atoms with van der Waals surface area (Å²) in [5.41, 5.74) is 16.6. The van der Waals surface area contributed by atoms with Gasteiger partial charge in [-0.25, -0.2) is 9.98 Å². The maximum atomic E-state index is 5.39. The van der Waals surface area contributed by atoms with E-state index in [9.17, 15) is 0 Å². The van der Waals surface area contributed by atoms with Crippen molar-refractivity contribution in [1.82, 2.24) is 4.98 Å². The number of nitrogen functional groups attached to an aromatic ring is 1. The van der Waals surface area contributed by atoms with Crippen molar-refractivity contribution in [3.05, 3.63) is 23.9 Å². The molecule has 5 nitrogen and oxygen atoms in total. The second-order valence-electron chi connectivity index (χ2n) is 2.33. The molecule has 5 heteroatoms. The molecule has 0 aliphatic rings. The van der Waals surface area contributed by atoms with Crippen LogP contribution in [-0.2, 0) is 6.54 Å². The summed E-state index contributed by atoms with van der Waals surface area (Å²) >= 11 is 0. The summed E-state index contributed by atoms with van der Waals surface area (Å²) < 4.78 is 0. The van der Waals surface area contributed by atoms with E-state index in [-0.39, 0.29) is 5.96 Å². The van der Waals surface area contributed by atoms with Crippen molar-refractivity contribution in [3.63, 3.8) is 0 Å². The Kier molecular flexibility index (Phi) is 2.47. The standard InChI is InChI=1S/C7H11N5/c8-6-2-1-5(3-11-6)4-12-7(9)10/h1-3H,4H2,(H2,8,11)(H4,9,10,12). The van der Waals surface area contributed by atoms with Crippen LogP contribution in [0.4, 0.5) is 5.82 Å². The van der Waals surface area contributed by atoms with E-state index in [1.807, 2.05) is 6.07 Å². The van der Waals surface area contributed by atoms with Crippen LogP contribution in [0.25, 0.3) is 0 Å². The van der Waals surface area contributed by atoms with Gasteiger partial charge < -0.3 is 17.2 Å². The first-order valence-electron chi connectivity index (χ1n) is 3.44. The van der Waals surface area contributed by atoms with Gasteiger partial charge in [0.1, 0.15) is 5.82 Å². The smallest absolute Gasteiger partial charge is 0.186 e. The predicted octanol–water partition coefficient (Wildman–Crippen LogP) is -0.563. The average Bonchev–Trinajstić information content (AvgIpc) is 2.03. The number of anilines is 1. The average molecular weight is 165 g/mol. The number of pyridine rings is 1. The fourth-order valence-electron chi connectivity index (χ4n) is 0.712. The summed E-state index contributed by atoms with van der Waals surface area (Å²) in [6, 6.07) is 3.53. The molecule has 0 saturated heterocycles. The number of nitrogens with two attached hydrogens (primary N) is 3. The number of nitrogens with zero attached hydrogens (tertiary/aromatic N) is 2. The molecule has 0 saturated carbocycles. The van der Waals surface area contributed by atoms with E-state index < -0.39 is 0 Å². The zero-order valence-electron chi connectivity index (χ0n) is 6.57. The summed E-state index contributed by atoms with van der Waals surface area (Å²) in [5.74, 6) is 0.565. The Bertz CT molecular complexity index is 272. The molecule has 0 aromatic carbocycles. The topological polar surface area (TPSA) is 103 Å². The molecular weight excluding hydrogens is 154 g/mol. The van der Waals surface area contributed by atoms with Gasteiger partial charge in [0.05, 0.1) is 6.54 Å². The van der Waals surface area contributed by atoms with Gasteiger partial charge in [0.25, 0.3) is 0 Å². The van der Waals surface area contributed by atoms with E-state index in [0.29, 0.717) is 12.4 Å². The number of guanidine groups is 1. The number of hydrogen-bond donors (Lipinski definition) is 3. The van der Waals surface area contributed by atoms with E-state index in [2.05, 4.69) is 9.98 Å². The van der Waals surface area contributed by atoms with Crippen LogP contribution in [-0.4, -0.2) is 10.9 Å². The van der Waals surface area contributed by atoms with E-state index in [0.717, 1.165) is 5.56 Å². The summed E-state index contributed by atoms with van der Waals surface area (Å²) in [6.07, 6.45) is 1.64. The summed E-state index contributed by atoms with van der Waals surface area (Å²) in [6.45, 7) is 0.440. The Labute approximate surface area is 70.3 Å². The van der Waals surface area contributed by atoms with Crippen molar-refractivity contribution in [2.75, 3.05) is 5.73 Å². The largest absolute Gasteiger partial charge is 0.384 e. The molecule has 0 bridgehead atoms. The van der Waals surface area contributed by atoms with Crippen LogP contribution in [0.1, 0.15) is 5.56 Å². The molecule has 1 aromatic heterocycles. The minimum Gasteiger partial charge on any atom is -0.384 e. The van der Waals surface area contributed by atoms with Crippen molar-refractivity contribution in [3.8, 4) is 0 Å². The lowest BCUT2D eigenvalue weighted by Gasteiger charge is -1.96. The molecule has 64 valence electrons. The fourth-order valence-corrected chi connectivity index (χ4v) is 0.712. The van der Waals surface area contributed by atoms with E-state index in [1.54, 1.807) is 12.3 Å². The quantitative estimate of drug-likeness (QED) is 0.403. The predicted molar refractivity (Wildman–Crippen MR) is 48.2 cm³/mol. The third kappa shape index (κ3) is 2.45. The Balaban J connectivity index is 2.65. The van der Waals surface area contributed by atoms with Gasteiger partial charge in [-0.05, 0) is 11.6 Å². The summed E-state index contributed by atoms with van der Waals surface area (Å²) in [7, 11) is 0. The molecule has 0 amide bonds. The molecule has 6 N–H and O–H groups in total. The first-order valence-corrected chi connectivity index (χ1v) is 3.44.